The van der Waals surface area contributed by atoms with E-state index < -0.39 is 6.03 Å². The van der Waals surface area contributed by atoms with Crippen molar-refractivity contribution in [2.45, 2.75) is 0 Å². The second-order valence-electron chi connectivity index (χ2n) is 3.60. The Morgan fingerprint density at radius 1 is 1.00 bits per heavy atom. The van der Waals surface area contributed by atoms with Crippen molar-refractivity contribution in [3.8, 4) is 5.75 Å². The van der Waals surface area contributed by atoms with Crippen molar-refractivity contribution in [3.63, 3.8) is 0 Å². The van der Waals surface area contributed by atoms with Gasteiger partial charge in [0, 0.05) is 5.69 Å². The Balaban J connectivity index is 2.01. The normalized spacial score (nSPS) is 9.83. The monoisotopic (exact) mass is 246 g/mol. The van der Waals surface area contributed by atoms with Crippen LogP contribution in [0.1, 0.15) is 0 Å². The molecular weight excluding hydrogens is 235 g/mol. The van der Waals surface area contributed by atoms with E-state index in [0.29, 0.717) is 11.4 Å². The van der Waals surface area contributed by atoms with Crippen LogP contribution in [0.3, 0.4) is 0 Å². The van der Waals surface area contributed by atoms with Gasteiger partial charge in [0.2, 0.25) is 0 Å². The molecule has 4 nitrogen and oxygen atoms in total. The predicted octanol–water partition coefficient (Wildman–Crippen LogP) is 3.18. The highest BCUT2D eigenvalue weighted by molar-refractivity contribution is 6.00. The second-order valence-corrected chi connectivity index (χ2v) is 3.60. The Bertz CT molecular complexity index is 555. The average Bonchev–Trinajstić information content (AvgIpc) is 2.35. The van der Waals surface area contributed by atoms with Gasteiger partial charge in [-0.15, -0.1) is 0 Å². The number of hydrogen-bond donors (Lipinski definition) is 3. The molecule has 0 bridgehead atoms. The Morgan fingerprint density at radius 3 is 2.33 bits per heavy atom. The first-order chi connectivity index (χ1) is 8.65. The van der Waals surface area contributed by atoms with Crippen LogP contribution in [0.5, 0.6) is 5.75 Å². The van der Waals surface area contributed by atoms with Crippen LogP contribution in [0.4, 0.5) is 20.6 Å². The lowest BCUT2D eigenvalue weighted by molar-refractivity contribution is 0.262. The summed E-state index contributed by atoms with van der Waals surface area (Å²) in [6.45, 7) is 0. The van der Waals surface area contributed by atoms with Crippen molar-refractivity contribution in [1.82, 2.24) is 0 Å². The number of nitrogens with one attached hydrogen (secondary N) is 2. The van der Waals surface area contributed by atoms with Gasteiger partial charge >= 0.3 is 6.03 Å². The SMILES string of the molecule is O=C(Nc1ccc(F)cc1)Nc1ccccc1O. The van der Waals surface area contributed by atoms with Crippen molar-refractivity contribution in [1.29, 1.82) is 0 Å². The van der Waals surface area contributed by atoms with Gasteiger partial charge < -0.3 is 15.7 Å². The van der Waals surface area contributed by atoms with Crippen molar-refractivity contribution < 1.29 is 14.3 Å². The van der Waals surface area contributed by atoms with Crippen LogP contribution in [-0.4, -0.2) is 11.1 Å². The van der Waals surface area contributed by atoms with Gasteiger partial charge in [0.25, 0.3) is 0 Å². The lowest BCUT2D eigenvalue weighted by Crippen LogP contribution is -2.19. The molecule has 5 heteroatoms. The molecule has 0 radical (unpaired) electrons. The van der Waals surface area contributed by atoms with Gasteiger partial charge in [-0.3, -0.25) is 0 Å². The number of para-hydroxylation sites is 2. The number of halogens is 1. The Labute approximate surface area is 103 Å². The minimum Gasteiger partial charge on any atom is -0.506 e. The third-order valence-corrected chi connectivity index (χ3v) is 2.25. The summed E-state index contributed by atoms with van der Waals surface area (Å²) in [5.41, 5.74) is 0.765. The molecule has 3 N–H and O–H groups in total. The fourth-order valence-electron chi connectivity index (χ4n) is 1.40. The largest absolute Gasteiger partial charge is 0.506 e. The van der Waals surface area contributed by atoms with Gasteiger partial charge in [-0.2, -0.15) is 0 Å². The molecule has 0 heterocycles. The van der Waals surface area contributed by atoms with E-state index in [1.54, 1.807) is 18.2 Å². The Morgan fingerprint density at radius 2 is 1.67 bits per heavy atom. The van der Waals surface area contributed by atoms with Crippen LogP contribution in [0.25, 0.3) is 0 Å². The zero-order valence-electron chi connectivity index (χ0n) is 9.35. The van der Waals surface area contributed by atoms with E-state index in [0.717, 1.165) is 0 Å². The van der Waals surface area contributed by atoms with Crippen LogP contribution in [0.2, 0.25) is 0 Å². The number of amides is 2. The Hall–Kier alpha value is -2.56. The minimum atomic E-state index is -0.511. The number of urea groups is 1. The van der Waals surface area contributed by atoms with E-state index in [9.17, 15) is 14.3 Å². The maximum atomic E-state index is 12.7. The molecule has 0 unspecified atom stereocenters. The van der Waals surface area contributed by atoms with E-state index in [-0.39, 0.29) is 11.6 Å². The first kappa shape index (κ1) is 11.9. The van der Waals surface area contributed by atoms with Crippen molar-refractivity contribution >= 4 is 17.4 Å². The highest BCUT2D eigenvalue weighted by Gasteiger charge is 2.05. The lowest BCUT2D eigenvalue weighted by atomic mass is 10.3. The molecule has 0 saturated carbocycles. The molecular formula is C13H11FN2O2. The number of phenols is 1. The van der Waals surface area contributed by atoms with E-state index in [4.69, 9.17) is 0 Å². The van der Waals surface area contributed by atoms with Crippen LogP contribution in [0.15, 0.2) is 48.5 Å². The highest BCUT2D eigenvalue weighted by Crippen LogP contribution is 2.21. The number of aromatic hydroxyl groups is 1. The molecule has 2 aromatic rings. The van der Waals surface area contributed by atoms with Crippen molar-refractivity contribution in [2.75, 3.05) is 10.6 Å². The van der Waals surface area contributed by atoms with E-state index in [2.05, 4.69) is 10.6 Å². The number of phenolic OH excluding ortho intramolecular Hbond substituents is 1. The molecule has 2 rings (SSSR count). The molecule has 0 spiro atoms. The van der Waals surface area contributed by atoms with Crippen molar-refractivity contribution in [3.05, 3.63) is 54.3 Å². The molecule has 0 aliphatic heterocycles. The average molecular weight is 246 g/mol. The molecule has 0 aromatic heterocycles. The summed E-state index contributed by atoms with van der Waals surface area (Å²) in [5, 5.41) is 14.5. The summed E-state index contributed by atoms with van der Waals surface area (Å²) in [6.07, 6.45) is 0. The highest BCUT2D eigenvalue weighted by atomic mass is 19.1. The van der Waals surface area contributed by atoms with Crippen molar-refractivity contribution in [2.24, 2.45) is 0 Å². The maximum absolute atomic E-state index is 12.7. The number of carbonyl (C=O) groups excluding carboxylic acids is 1. The molecule has 0 saturated heterocycles. The zero-order valence-corrected chi connectivity index (χ0v) is 9.35. The minimum absolute atomic E-state index is 0.0215. The third-order valence-electron chi connectivity index (χ3n) is 2.25. The summed E-state index contributed by atoms with van der Waals surface area (Å²) in [5.74, 6) is -0.395. The van der Waals surface area contributed by atoms with Gasteiger partial charge in [-0.25, -0.2) is 9.18 Å². The van der Waals surface area contributed by atoms with Crippen LogP contribution >= 0.6 is 0 Å². The second kappa shape index (κ2) is 5.18. The predicted molar refractivity (Wildman–Crippen MR) is 67.1 cm³/mol. The third kappa shape index (κ3) is 2.98. The fourth-order valence-corrected chi connectivity index (χ4v) is 1.40. The van der Waals surface area contributed by atoms with Gasteiger partial charge in [-0.1, -0.05) is 12.1 Å². The standard InChI is InChI=1S/C13H11FN2O2/c14-9-5-7-10(8-6-9)15-13(18)16-11-3-1-2-4-12(11)17/h1-8,17H,(H2,15,16,18). The molecule has 2 aromatic carbocycles. The summed E-state index contributed by atoms with van der Waals surface area (Å²) in [6, 6.07) is 11.2. The van der Waals surface area contributed by atoms with Gasteiger partial charge in [0.05, 0.1) is 5.69 Å². The van der Waals surface area contributed by atoms with E-state index in [1.807, 2.05) is 0 Å². The van der Waals surface area contributed by atoms with Gasteiger partial charge in [-0.05, 0) is 36.4 Å². The smallest absolute Gasteiger partial charge is 0.323 e. The molecule has 2 amide bonds. The molecule has 0 fully saturated rings. The number of benzene rings is 2. The summed E-state index contributed by atoms with van der Waals surface area (Å²) >= 11 is 0. The number of hydrogen-bond acceptors (Lipinski definition) is 2. The number of rotatable bonds is 2. The Kier molecular flexibility index (Phi) is 3.43. The zero-order chi connectivity index (χ0) is 13.0. The van der Waals surface area contributed by atoms with Crippen LogP contribution in [-0.2, 0) is 0 Å². The first-order valence-electron chi connectivity index (χ1n) is 5.27. The van der Waals surface area contributed by atoms with E-state index >= 15 is 0 Å². The number of anilines is 2. The molecule has 0 atom stereocenters. The summed E-state index contributed by atoms with van der Waals surface area (Å²) in [4.78, 5) is 11.6. The first-order valence-corrected chi connectivity index (χ1v) is 5.27. The molecule has 18 heavy (non-hydrogen) atoms. The number of carbonyl (C=O) groups is 1. The van der Waals surface area contributed by atoms with Crippen LogP contribution < -0.4 is 10.6 Å². The van der Waals surface area contributed by atoms with Crippen LogP contribution in [0, 0.1) is 5.82 Å². The topological polar surface area (TPSA) is 61.4 Å². The lowest BCUT2D eigenvalue weighted by Gasteiger charge is -2.08. The van der Waals surface area contributed by atoms with E-state index in [1.165, 1.54) is 30.3 Å². The summed E-state index contributed by atoms with van der Waals surface area (Å²) < 4.78 is 12.7. The van der Waals surface area contributed by atoms with Gasteiger partial charge in [0.15, 0.2) is 0 Å². The summed E-state index contributed by atoms with van der Waals surface area (Å²) in [7, 11) is 0. The molecule has 0 aliphatic rings. The quantitative estimate of drug-likeness (QED) is 0.713. The van der Waals surface area contributed by atoms with Gasteiger partial charge in [0.1, 0.15) is 11.6 Å². The molecule has 92 valence electrons. The maximum Gasteiger partial charge on any atom is 0.323 e. The molecule has 0 aliphatic carbocycles. The fraction of sp³-hybridized carbons (Fsp3) is 0.